The number of unbranched alkanes of at least 4 members (excludes halogenated alkanes) is 9. The highest BCUT2D eigenvalue weighted by Gasteiger charge is 2.37. The lowest BCUT2D eigenvalue weighted by Gasteiger charge is -2.29. The molecule has 0 radical (unpaired) electrons. The van der Waals surface area contributed by atoms with Crippen LogP contribution in [0.25, 0.3) is 0 Å². The number of aryl methyl sites for hydroxylation is 1. The number of ether oxygens (including phenoxy) is 1. The fourth-order valence-electron chi connectivity index (χ4n) is 3.74. The number of hydrogen-bond acceptors (Lipinski definition) is 2. The minimum absolute atomic E-state index is 0.0653. The predicted octanol–water partition coefficient (Wildman–Crippen LogP) is 7.13. The Labute approximate surface area is 192 Å². The van der Waals surface area contributed by atoms with Gasteiger partial charge in [-0.25, -0.2) is 0 Å². The van der Waals surface area contributed by atoms with E-state index in [4.69, 9.17) is 4.74 Å². The predicted molar refractivity (Wildman–Crippen MR) is 125 cm³/mol. The molecule has 0 bridgehead atoms. The number of hydrogen-bond donors (Lipinski definition) is 0. The van der Waals surface area contributed by atoms with Crippen LogP contribution in [0.15, 0.2) is 24.3 Å². The smallest absolute Gasteiger partial charge is 0.449 e. The number of carbonyl (C=O) groups is 1. The SMILES string of the molecule is CCCCCCCCCCCC[N+](C)(C)CCOc1cccc(CCC(=O)C(F)(F)F)c1. The van der Waals surface area contributed by atoms with E-state index in [-0.39, 0.29) is 6.42 Å². The number of ketones is 1. The monoisotopic (exact) mass is 458 g/mol. The fourth-order valence-corrected chi connectivity index (χ4v) is 3.74. The number of quaternary nitrogens is 1. The number of carbonyl (C=O) groups excluding carboxylic acids is 1. The second kappa shape index (κ2) is 15.3. The minimum atomic E-state index is -4.76. The van der Waals surface area contributed by atoms with Crippen LogP contribution in [-0.4, -0.2) is 50.2 Å². The molecule has 0 aromatic heterocycles. The summed E-state index contributed by atoms with van der Waals surface area (Å²) in [5.41, 5.74) is 0.680. The van der Waals surface area contributed by atoms with E-state index in [9.17, 15) is 18.0 Å². The summed E-state index contributed by atoms with van der Waals surface area (Å²) in [6, 6.07) is 7.01. The molecule has 0 aliphatic heterocycles. The zero-order valence-electron chi connectivity index (χ0n) is 20.3. The summed E-state index contributed by atoms with van der Waals surface area (Å²) >= 11 is 0. The average molecular weight is 459 g/mol. The van der Waals surface area contributed by atoms with Gasteiger partial charge in [0.25, 0.3) is 0 Å². The number of nitrogens with zero attached hydrogens (tertiary/aromatic N) is 1. The highest BCUT2D eigenvalue weighted by Crippen LogP contribution is 2.21. The van der Waals surface area contributed by atoms with Gasteiger partial charge in [0.15, 0.2) is 0 Å². The first-order chi connectivity index (χ1) is 15.1. The number of likely N-dealkylation sites (N-methyl/N-ethyl adjacent to an activating group) is 1. The normalized spacial score (nSPS) is 12.2. The van der Waals surface area contributed by atoms with Crippen LogP contribution in [0, 0.1) is 0 Å². The molecular formula is C26H43F3NO2+. The molecule has 0 N–H and O–H groups in total. The van der Waals surface area contributed by atoms with E-state index in [1.807, 2.05) is 0 Å². The molecule has 0 atom stereocenters. The van der Waals surface area contributed by atoms with E-state index < -0.39 is 18.4 Å². The minimum Gasteiger partial charge on any atom is -0.488 e. The molecule has 0 amide bonds. The van der Waals surface area contributed by atoms with Crippen molar-refractivity contribution in [3.05, 3.63) is 29.8 Å². The first-order valence-corrected chi connectivity index (χ1v) is 12.3. The molecule has 0 saturated carbocycles. The Kier molecular flexibility index (Phi) is 13.6. The summed E-state index contributed by atoms with van der Waals surface area (Å²) in [6.07, 6.45) is 8.08. The summed E-state index contributed by atoms with van der Waals surface area (Å²) in [5, 5.41) is 0. The van der Waals surface area contributed by atoms with Crippen molar-refractivity contribution in [3.63, 3.8) is 0 Å². The molecule has 32 heavy (non-hydrogen) atoms. The Morgan fingerprint density at radius 3 is 2.09 bits per heavy atom. The summed E-state index contributed by atoms with van der Waals surface area (Å²) in [7, 11) is 4.41. The Hall–Kier alpha value is -1.56. The Bertz CT molecular complexity index is 644. The molecule has 184 valence electrons. The van der Waals surface area contributed by atoms with E-state index in [1.54, 1.807) is 24.3 Å². The third-order valence-corrected chi connectivity index (χ3v) is 5.94. The van der Waals surface area contributed by atoms with Crippen LogP contribution in [0.4, 0.5) is 13.2 Å². The third kappa shape index (κ3) is 13.8. The molecule has 1 aromatic rings. The van der Waals surface area contributed by atoms with Gasteiger partial charge in [0, 0.05) is 6.42 Å². The van der Waals surface area contributed by atoms with Gasteiger partial charge in [0.2, 0.25) is 5.78 Å². The van der Waals surface area contributed by atoms with Crippen molar-refractivity contribution in [2.75, 3.05) is 33.8 Å². The van der Waals surface area contributed by atoms with Crippen molar-refractivity contribution in [2.24, 2.45) is 0 Å². The van der Waals surface area contributed by atoms with Gasteiger partial charge in [-0.1, -0.05) is 70.4 Å². The van der Waals surface area contributed by atoms with Gasteiger partial charge in [0.05, 0.1) is 20.6 Å². The molecular weight excluding hydrogens is 415 g/mol. The van der Waals surface area contributed by atoms with Crippen LogP contribution >= 0.6 is 0 Å². The standard InChI is InChI=1S/C26H43F3NO2/c1-4-5-6-7-8-9-10-11-12-13-19-30(2,3)20-21-32-24-16-14-15-23(22-24)17-18-25(31)26(27,28)29/h14-16,22H,4-13,17-21H2,1-3H3/q+1. The number of rotatable bonds is 18. The molecule has 3 nitrogen and oxygen atoms in total. The Morgan fingerprint density at radius 2 is 1.50 bits per heavy atom. The van der Waals surface area contributed by atoms with Gasteiger partial charge in [-0.2, -0.15) is 13.2 Å². The molecule has 6 heteroatoms. The number of alkyl halides is 3. The Morgan fingerprint density at radius 1 is 0.906 bits per heavy atom. The summed E-state index contributed by atoms with van der Waals surface area (Å²) < 4.78 is 43.8. The molecule has 0 saturated heterocycles. The van der Waals surface area contributed by atoms with Gasteiger partial charge in [-0.05, 0) is 37.0 Å². The van der Waals surface area contributed by atoms with E-state index in [0.29, 0.717) is 17.9 Å². The van der Waals surface area contributed by atoms with Crippen LogP contribution in [-0.2, 0) is 11.2 Å². The van der Waals surface area contributed by atoms with Gasteiger partial charge >= 0.3 is 6.18 Å². The van der Waals surface area contributed by atoms with Gasteiger partial charge in [-0.15, -0.1) is 0 Å². The first-order valence-electron chi connectivity index (χ1n) is 12.3. The van der Waals surface area contributed by atoms with Crippen molar-refractivity contribution in [1.82, 2.24) is 0 Å². The molecule has 0 fully saturated rings. The molecule has 0 aliphatic carbocycles. The summed E-state index contributed by atoms with van der Waals surface area (Å²) in [6.45, 7) is 4.78. The van der Waals surface area contributed by atoms with Crippen LogP contribution in [0.2, 0.25) is 0 Å². The molecule has 1 rings (SSSR count). The molecule has 0 spiro atoms. The molecule has 0 heterocycles. The number of benzene rings is 1. The number of Topliss-reactive ketones (excluding diaryl/α,β-unsaturated/α-hetero) is 1. The fraction of sp³-hybridized carbons (Fsp3) is 0.731. The summed E-state index contributed by atoms with van der Waals surface area (Å²) in [4.78, 5) is 11.1. The third-order valence-electron chi connectivity index (χ3n) is 5.94. The van der Waals surface area contributed by atoms with Gasteiger partial charge in [0.1, 0.15) is 18.9 Å². The highest BCUT2D eigenvalue weighted by molar-refractivity contribution is 5.84. The van der Waals surface area contributed by atoms with E-state index in [1.165, 1.54) is 64.2 Å². The summed E-state index contributed by atoms with van der Waals surface area (Å²) in [5.74, 6) is -1.05. The maximum Gasteiger partial charge on any atom is 0.449 e. The number of halogens is 3. The Balaban J connectivity index is 2.19. The lowest BCUT2D eigenvalue weighted by molar-refractivity contribution is -0.890. The largest absolute Gasteiger partial charge is 0.488 e. The van der Waals surface area contributed by atoms with Crippen molar-refractivity contribution in [1.29, 1.82) is 0 Å². The van der Waals surface area contributed by atoms with Crippen molar-refractivity contribution in [3.8, 4) is 5.75 Å². The van der Waals surface area contributed by atoms with Crippen LogP contribution in [0.1, 0.15) is 83.1 Å². The van der Waals surface area contributed by atoms with Gasteiger partial charge < -0.3 is 9.22 Å². The van der Waals surface area contributed by atoms with E-state index in [0.717, 1.165) is 17.6 Å². The zero-order valence-corrected chi connectivity index (χ0v) is 20.3. The highest BCUT2D eigenvalue weighted by atomic mass is 19.4. The van der Waals surface area contributed by atoms with Crippen molar-refractivity contribution < 1.29 is 27.2 Å². The van der Waals surface area contributed by atoms with E-state index >= 15 is 0 Å². The second-order valence-electron chi connectivity index (χ2n) is 9.48. The van der Waals surface area contributed by atoms with E-state index in [2.05, 4.69) is 21.0 Å². The van der Waals surface area contributed by atoms with Crippen LogP contribution in [0.5, 0.6) is 5.75 Å². The van der Waals surface area contributed by atoms with Crippen LogP contribution in [0.3, 0.4) is 0 Å². The molecule has 1 aromatic carbocycles. The molecule has 0 unspecified atom stereocenters. The maximum absolute atomic E-state index is 12.4. The second-order valence-corrected chi connectivity index (χ2v) is 9.48. The maximum atomic E-state index is 12.4. The van der Waals surface area contributed by atoms with Gasteiger partial charge in [-0.3, -0.25) is 4.79 Å². The van der Waals surface area contributed by atoms with Crippen molar-refractivity contribution >= 4 is 5.78 Å². The zero-order chi connectivity index (χ0) is 23.9. The average Bonchev–Trinajstić information content (AvgIpc) is 2.73. The quantitative estimate of drug-likeness (QED) is 0.173. The lowest BCUT2D eigenvalue weighted by atomic mass is 10.1. The van der Waals surface area contributed by atoms with Crippen molar-refractivity contribution in [2.45, 2.75) is 90.1 Å². The first kappa shape index (κ1) is 28.5. The van der Waals surface area contributed by atoms with Crippen LogP contribution < -0.4 is 4.74 Å². The molecule has 0 aliphatic rings. The topological polar surface area (TPSA) is 26.3 Å². The lowest BCUT2D eigenvalue weighted by Crippen LogP contribution is -2.43.